The van der Waals surface area contributed by atoms with Crippen LogP contribution in [-0.4, -0.2) is 5.91 Å². The van der Waals surface area contributed by atoms with Gasteiger partial charge in [0, 0.05) is 17.8 Å². The maximum atomic E-state index is 12.1. The highest BCUT2D eigenvalue weighted by molar-refractivity contribution is 5.94. The smallest absolute Gasteiger partial charge is 0.251 e. The van der Waals surface area contributed by atoms with E-state index in [-0.39, 0.29) is 5.91 Å². The maximum Gasteiger partial charge on any atom is 0.251 e. The number of fused-ring (bicyclic) bond motifs is 1. The van der Waals surface area contributed by atoms with Crippen LogP contribution in [0.5, 0.6) is 0 Å². The largest absolute Gasteiger partial charge is 0.399 e. The molecule has 0 atom stereocenters. The zero-order valence-electron chi connectivity index (χ0n) is 11.1. The van der Waals surface area contributed by atoms with Gasteiger partial charge in [0.25, 0.3) is 5.91 Å². The first-order valence-corrected chi connectivity index (χ1v) is 6.54. The molecule has 4 heteroatoms. The lowest BCUT2D eigenvalue weighted by atomic mass is 10.1. The number of carbonyl (C=O) groups is 1. The highest BCUT2D eigenvalue weighted by Crippen LogP contribution is 2.20. The molecule has 0 bridgehead atoms. The van der Waals surface area contributed by atoms with Gasteiger partial charge in [-0.15, -0.1) is 0 Å². The van der Waals surface area contributed by atoms with Gasteiger partial charge in [0.15, 0.2) is 0 Å². The number of nitrogens with two attached hydrogens (primary N) is 1. The molecule has 102 valence electrons. The number of nitrogen functional groups attached to an aromatic ring is 1. The van der Waals surface area contributed by atoms with Crippen LogP contribution in [0, 0.1) is 0 Å². The summed E-state index contributed by atoms with van der Waals surface area (Å²) in [5.41, 5.74) is 10.3. The van der Waals surface area contributed by atoms with Crippen LogP contribution in [0.1, 0.15) is 27.0 Å². The molecular formula is C16H16N2O2. The van der Waals surface area contributed by atoms with Gasteiger partial charge in [0.2, 0.25) is 0 Å². The predicted octanol–water partition coefficient (Wildman–Crippen LogP) is 2.23. The van der Waals surface area contributed by atoms with Crippen LogP contribution >= 0.6 is 0 Å². The van der Waals surface area contributed by atoms with Crippen molar-refractivity contribution in [3.63, 3.8) is 0 Å². The molecule has 0 saturated heterocycles. The first kappa shape index (κ1) is 12.7. The number of benzene rings is 2. The number of anilines is 1. The monoisotopic (exact) mass is 268 g/mol. The van der Waals surface area contributed by atoms with Crippen molar-refractivity contribution in [3.8, 4) is 0 Å². The molecule has 0 saturated carbocycles. The number of carbonyl (C=O) groups excluding carboxylic acids is 1. The van der Waals surface area contributed by atoms with Gasteiger partial charge in [0.1, 0.15) is 0 Å². The molecule has 0 unspecified atom stereocenters. The molecular weight excluding hydrogens is 252 g/mol. The van der Waals surface area contributed by atoms with E-state index in [1.54, 1.807) is 0 Å². The number of nitrogens with one attached hydrogen (secondary N) is 1. The summed E-state index contributed by atoms with van der Waals surface area (Å²) in [7, 11) is 0. The van der Waals surface area contributed by atoms with Crippen LogP contribution in [0.25, 0.3) is 0 Å². The van der Waals surface area contributed by atoms with Gasteiger partial charge in [-0.25, -0.2) is 0 Å². The molecule has 0 fully saturated rings. The van der Waals surface area contributed by atoms with Crippen molar-refractivity contribution in [1.82, 2.24) is 5.32 Å². The Hall–Kier alpha value is -2.33. The summed E-state index contributed by atoms with van der Waals surface area (Å²) >= 11 is 0. The van der Waals surface area contributed by atoms with Crippen LogP contribution in [0.2, 0.25) is 0 Å². The number of hydrogen-bond acceptors (Lipinski definition) is 3. The van der Waals surface area contributed by atoms with Gasteiger partial charge in [-0.2, -0.15) is 0 Å². The SMILES string of the molecule is Nc1cccc(CNC(=O)c2ccc3c(c2)COC3)c1. The Bertz CT molecular complexity index is 653. The van der Waals surface area contributed by atoms with E-state index in [1.807, 2.05) is 42.5 Å². The molecule has 4 nitrogen and oxygen atoms in total. The molecule has 0 aromatic heterocycles. The van der Waals surface area contributed by atoms with Crippen molar-refractivity contribution in [2.24, 2.45) is 0 Å². The molecule has 0 radical (unpaired) electrons. The van der Waals surface area contributed by atoms with Crippen LogP contribution in [0.4, 0.5) is 5.69 Å². The second kappa shape index (κ2) is 5.35. The number of ether oxygens (including phenoxy) is 1. The fraction of sp³-hybridized carbons (Fsp3) is 0.188. The number of hydrogen-bond donors (Lipinski definition) is 2. The average molecular weight is 268 g/mol. The molecule has 1 heterocycles. The van der Waals surface area contributed by atoms with E-state index >= 15 is 0 Å². The normalized spacial score (nSPS) is 13.0. The molecule has 2 aromatic carbocycles. The summed E-state index contributed by atoms with van der Waals surface area (Å²) < 4.78 is 5.35. The molecule has 1 aliphatic rings. The molecule has 1 aliphatic heterocycles. The average Bonchev–Trinajstić information content (AvgIpc) is 2.92. The first-order valence-electron chi connectivity index (χ1n) is 6.54. The Kier molecular flexibility index (Phi) is 3.39. The van der Waals surface area contributed by atoms with E-state index < -0.39 is 0 Å². The molecule has 2 aromatic rings. The number of amides is 1. The van der Waals surface area contributed by atoms with Crippen molar-refractivity contribution in [1.29, 1.82) is 0 Å². The zero-order chi connectivity index (χ0) is 13.9. The molecule has 0 spiro atoms. The predicted molar refractivity (Wildman–Crippen MR) is 77.0 cm³/mol. The quantitative estimate of drug-likeness (QED) is 0.839. The van der Waals surface area contributed by atoms with E-state index in [9.17, 15) is 4.79 Å². The molecule has 3 rings (SSSR count). The first-order chi connectivity index (χ1) is 9.72. The van der Waals surface area contributed by atoms with Crippen LogP contribution in [-0.2, 0) is 24.5 Å². The third kappa shape index (κ3) is 2.65. The second-order valence-corrected chi connectivity index (χ2v) is 4.90. The molecule has 3 N–H and O–H groups in total. The molecule has 20 heavy (non-hydrogen) atoms. The Labute approximate surface area is 117 Å². The van der Waals surface area contributed by atoms with Crippen LogP contribution in [0.15, 0.2) is 42.5 Å². The minimum absolute atomic E-state index is 0.0814. The van der Waals surface area contributed by atoms with E-state index in [0.29, 0.717) is 31.0 Å². The van der Waals surface area contributed by atoms with Gasteiger partial charge in [-0.05, 0) is 41.0 Å². The summed E-state index contributed by atoms with van der Waals surface area (Å²) in [5, 5.41) is 2.90. The summed E-state index contributed by atoms with van der Waals surface area (Å²) in [6, 6.07) is 13.2. The molecule has 0 aliphatic carbocycles. The van der Waals surface area contributed by atoms with Gasteiger partial charge in [-0.3, -0.25) is 4.79 Å². The Morgan fingerprint density at radius 2 is 2.00 bits per heavy atom. The maximum absolute atomic E-state index is 12.1. The highest BCUT2D eigenvalue weighted by Gasteiger charge is 2.14. The van der Waals surface area contributed by atoms with E-state index in [4.69, 9.17) is 10.5 Å². The van der Waals surface area contributed by atoms with Crippen molar-refractivity contribution in [2.75, 3.05) is 5.73 Å². The highest BCUT2D eigenvalue weighted by atomic mass is 16.5. The minimum atomic E-state index is -0.0814. The molecule has 1 amide bonds. The lowest BCUT2D eigenvalue weighted by molar-refractivity contribution is 0.0950. The van der Waals surface area contributed by atoms with Crippen molar-refractivity contribution in [3.05, 3.63) is 64.7 Å². The van der Waals surface area contributed by atoms with Crippen molar-refractivity contribution in [2.45, 2.75) is 19.8 Å². The summed E-state index contributed by atoms with van der Waals surface area (Å²) in [6.45, 7) is 1.70. The third-order valence-electron chi connectivity index (χ3n) is 3.39. The number of rotatable bonds is 3. The van der Waals surface area contributed by atoms with Gasteiger partial charge in [0.05, 0.1) is 13.2 Å². The van der Waals surface area contributed by atoms with Gasteiger partial charge >= 0.3 is 0 Å². The van der Waals surface area contributed by atoms with E-state index in [1.165, 1.54) is 0 Å². The van der Waals surface area contributed by atoms with E-state index in [2.05, 4.69) is 5.32 Å². The lowest BCUT2D eigenvalue weighted by Gasteiger charge is -2.07. The zero-order valence-corrected chi connectivity index (χ0v) is 11.1. The Morgan fingerprint density at radius 3 is 2.85 bits per heavy atom. The third-order valence-corrected chi connectivity index (χ3v) is 3.39. The van der Waals surface area contributed by atoms with Crippen molar-refractivity contribution >= 4 is 11.6 Å². The summed E-state index contributed by atoms with van der Waals surface area (Å²) in [6.07, 6.45) is 0. The Morgan fingerprint density at radius 1 is 1.15 bits per heavy atom. The van der Waals surface area contributed by atoms with E-state index in [0.717, 1.165) is 16.7 Å². The topological polar surface area (TPSA) is 64.3 Å². The van der Waals surface area contributed by atoms with Crippen LogP contribution in [0.3, 0.4) is 0 Å². The lowest BCUT2D eigenvalue weighted by Crippen LogP contribution is -2.22. The fourth-order valence-electron chi connectivity index (χ4n) is 2.30. The summed E-state index contributed by atoms with van der Waals surface area (Å²) in [4.78, 5) is 12.1. The second-order valence-electron chi connectivity index (χ2n) is 4.90. The minimum Gasteiger partial charge on any atom is -0.399 e. The van der Waals surface area contributed by atoms with Crippen molar-refractivity contribution < 1.29 is 9.53 Å². The fourth-order valence-corrected chi connectivity index (χ4v) is 2.30. The van der Waals surface area contributed by atoms with Gasteiger partial charge in [-0.1, -0.05) is 18.2 Å². The summed E-state index contributed by atoms with van der Waals surface area (Å²) in [5.74, 6) is -0.0814. The van der Waals surface area contributed by atoms with Crippen LogP contribution < -0.4 is 11.1 Å². The van der Waals surface area contributed by atoms with Gasteiger partial charge < -0.3 is 15.8 Å². The Balaban J connectivity index is 1.67. The standard InChI is InChI=1S/C16H16N2O2/c17-15-3-1-2-11(6-15)8-18-16(19)12-4-5-13-9-20-10-14(13)7-12/h1-7H,8-10,17H2,(H,18,19).